The molecule has 1 aliphatic carbocycles. The molecule has 27 heavy (non-hydrogen) atoms. The van der Waals surface area contributed by atoms with Crippen LogP contribution < -0.4 is 5.32 Å². The van der Waals surface area contributed by atoms with Gasteiger partial charge in [0.15, 0.2) is 0 Å². The van der Waals surface area contributed by atoms with Gasteiger partial charge in [0.05, 0.1) is 24.2 Å². The number of aromatic amines is 1. The number of amides is 2. The Balaban J connectivity index is 1.66. The third-order valence-corrected chi connectivity index (χ3v) is 5.92. The van der Waals surface area contributed by atoms with Crippen molar-refractivity contribution < 1.29 is 14.3 Å². The number of ether oxygens (including phenoxy) is 1. The van der Waals surface area contributed by atoms with E-state index in [0.29, 0.717) is 5.92 Å². The number of methoxy groups -OCH3 is 1. The molecule has 1 aliphatic heterocycles. The Morgan fingerprint density at radius 3 is 2.78 bits per heavy atom. The van der Waals surface area contributed by atoms with Crippen molar-refractivity contribution in [2.75, 3.05) is 7.11 Å². The van der Waals surface area contributed by atoms with Gasteiger partial charge in [-0.3, -0.25) is 4.79 Å². The lowest BCUT2D eigenvalue weighted by Crippen LogP contribution is -2.54. The number of para-hydroxylation sites is 2. The first kappa shape index (κ1) is 17.8. The van der Waals surface area contributed by atoms with Gasteiger partial charge in [-0.2, -0.15) is 0 Å². The fraction of sp³-hybridized carbons (Fsp3) is 0.550. The largest absolute Gasteiger partial charge is 0.453 e. The zero-order chi connectivity index (χ0) is 19.1. The fourth-order valence-electron chi connectivity index (χ4n) is 4.63. The molecule has 1 saturated carbocycles. The van der Waals surface area contributed by atoms with Gasteiger partial charge in [0.2, 0.25) is 5.91 Å². The van der Waals surface area contributed by atoms with E-state index in [4.69, 9.17) is 9.72 Å². The van der Waals surface area contributed by atoms with Crippen molar-refractivity contribution >= 4 is 23.0 Å². The molecule has 0 spiro atoms. The van der Waals surface area contributed by atoms with E-state index in [1.807, 2.05) is 43.0 Å². The molecule has 2 aromatic rings. The van der Waals surface area contributed by atoms with Crippen LogP contribution in [0.2, 0.25) is 0 Å². The number of imidazole rings is 1. The molecule has 7 nitrogen and oxygen atoms in total. The van der Waals surface area contributed by atoms with Gasteiger partial charge in [0.1, 0.15) is 11.9 Å². The number of fused-ring (bicyclic) bond motifs is 3. The van der Waals surface area contributed by atoms with Gasteiger partial charge in [-0.25, -0.2) is 9.78 Å². The standard InChI is InChI=1S/C20H26N4O3/c1-11(2)16(23-20(26)27-3)19(25)24-13-9-8-12(10-13)17(24)18-21-14-6-4-5-7-15(14)22-18/h4-7,11-13,16-17H,8-10H2,1-3H3,(H,21,22)(H,23,26)/t12-,13-,16+,17+/m1/s1. The maximum atomic E-state index is 13.4. The summed E-state index contributed by atoms with van der Waals surface area (Å²) in [7, 11) is 1.31. The number of hydrogen-bond acceptors (Lipinski definition) is 4. The number of benzene rings is 1. The fourth-order valence-corrected chi connectivity index (χ4v) is 4.63. The lowest BCUT2D eigenvalue weighted by Gasteiger charge is -2.37. The van der Waals surface area contributed by atoms with E-state index in [0.717, 1.165) is 36.1 Å². The van der Waals surface area contributed by atoms with Crippen LogP contribution in [0.5, 0.6) is 0 Å². The predicted octanol–water partition coefficient (Wildman–Crippen LogP) is 3.00. The summed E-state index contributed by atoms with van der Waals surface area (Å²) in [6.07, 6.45) is 2.53. The number of nitrogens with zero attached hydrogens (tertiary/aromatic N) is 2. The van der Waals surface area contributed by atoms with Crippen molar-refractivity contribution in [3.63, 3.8) is 0 Å². The van der Waals surface area contributed by atoms with Gasteiger partial charge in [-0.05, 0) is 43.2 Å². The first-order valence-corrected chi connectivity index (χ1v) is 9.61. The Bertz CT molecular complexity index is 829. The molecular formula is C20H26N4O3. The number of piperidine rings is 1. The van der Waals surface area contributed by atoms with Crippen molar-refractivity contribution in [2.24, 2.45) is 11.8 Å². The number of carbonyl (C=O) groups is 2. The van der Waals surface area contributed by atoms with Crippen LogP contribution >= 0.6 is 0 Å². The summed E-state index contributed by atoms with van der Waals surface area (Å²) in [5.74, 6) is 1.17. The molecule has 2 aliphatic rings. The molecule has 7 heteroatoms. The van der Waals surface area contributed by atoms with Crippen molar-refractivity contribution in [1.82, 2.24) is 20.2 Å². The van der Waals surface area contributed by atoms with Gasteiger partial charge in [0.25, 0.3) is 0 Å². The van der Waals surface area contributed by atoms with E-state index in [2.05, 4.69) is 10.3 Å². The van der Waals surface area contributed by atoms with Crippen molar-refractivity contribution in [3.8, 4) is 0 Å². The number of hydrogen-bond donors (Lipinski definition) is 2. The topological polar surface area (TPSA) is 87.3 Å². The second kappa shape index (κ2) is 6.87. The monoisotopic (exact) mass is 370 g/mol. The summed E-state index contributed by atoms with van der Waals surface area (Å²) < 4.78 is 4.72. The van der Waals surface area contributed by atoms with Gasteiger partial charge in [0, 0.05) is 6.04 Å². The number of rotatable bonds is 4. The highest BCUT2D eigenvalue weighted by Gasteiger charge is 2.51. The highest BCUT2D eigenvalue weighted by atomic mass is 16.5. The van der Waals surface area contributed by atoms with Crippen LogP contribution in [-0.4, -0.2) is 46.1 Å². The number of H-pyrrole nitrogens is 1. The molecule has 144 valence electrons. The zero-order valence-electron chi connectivity index (χ0n) is 15.9. The maximum absolute atomic E-state index is 13.4. The van der Waals surface area contributed by atoms with E-state index in [1.165, 1.54) is 7.11 Å². The van der Waals surface area contributed by atoms with Crippen molar-refractivity contribution in [2.45, 2.75) is 51.2 Å². The summed E-state index contributed by atoms with van der Waals surface area (Å²) in [6.45, 7) is 3.87. The average molecular weight is 370 g/mol. The second-order valence-corrected chi connectivity index (χ2v) is 7.91. The summed E-state index contributed by atoms with van der Waals surface area (Å²) in [4.78, 5) is 35.3. The molecule has 1 aromatic carbocycles. The number of aromatic nitrogens is 2. The molecule has 1 aromatic heterocycles. The molecule has 1 saturated heterocycles. The van der Waals surface area contributed by atoms with Crippen LogP contribution in [0.1, 0.15) is 45.0 Å². The first-order chi connectivity index (χ1) is 13.0. The van der Waals surface area contributed by atoms with Gasteiger partial charge in [-0.15, -0.1) is 0 Å². The van der Waals surface area contributed by atoms with E-state index < -0.39 is 12.1 Å². The summed E-state index contributed by atoms with van der Waals surface area (Å²) in [6, 6.07) is 7.45. The lowest BCUT2D eigenvalue weighted by atomic mass is 9.95. The molecule has 2 bridgehead atoms. The second-order valence-electron chi connectivity index (χ2n) is 7.91. The van der Waals surface area contributed by atoms with Crippen LogP contribution in [0, 0.1) is 11.8 Å². The summed E-state index contributed by atoms with van der Waals surface area (Å²) in [5, 5.41) is 2.72. The summed E-state index contributed by atoms with van der Waals surface area (Å²) in [5.41, 5.74) is 1.89. The van der Waals surface area contributed by atoms with Crippen LogP contribution in [0.3, 0.4) is 0 Å². The normalized spacial score (nSPS) is 25.2. The molecule has 0 unspecified atom stereocenters. The predicted molar refractivity (Wildman–Crippen MR) is 101 cm³/mol. The number of nitrogens with one attached hydrogen (secondary N) is 2. The van der Waals surface area contributed by atoms with E-state index in [9.17, 15) is 9.59 Å². The molecule has 2 N–H and O–H groups in total. The maximum Gasteiger partial charge on any atom is 0.407 e. The average Bonchev–Trinajstić information content (AvgIpc) is 3.37. The van der Waals surface area contributed by atoms with Crippen LogP contribution in [0.15, 0.2) is 24.3 Å². The van der Waals surface area contributed by atoms with Gasteiger partial charge < -0.3 is 19.9 Å². The number of alkyl carbamates (subject to hydrolysis) is 1. The van der Waals surface area contributed by atoms with Gasteiger partial charge >= 0.3 is 6.09 Å². The Morgan fingerprint density at radius 1 is 1.30 bits per heavy atom. The van der Waals surface area contributed by atoms with Crippen LogP contribution in [0.4, 0.5) is 4.79 Å². The van der Waals surface area contributed by atoms with E-state index in [1.54, 1.807) is 0 Å². The molecule has 0 radical (unpaired) electrons. The van der Waals surface area contributed by atoms with Crippen molar-refractivity contribution in [1.29, 1.82) is 0 Å². The van der Waals surface area contributed by atoms with E-state index in [-0.39, 0.29) is 23.9 Å². The Kier molecular flexibility index (Phi) is 4.53. The van der Waals surface area contributed by atoms with Crippen molar-refractivity contribution in [3.05, 3.63) is 30.1 Å². The van der Waals surface area contributed by atoms with Crippen LogP contribution in [0.25, 0.3) is 11.0 Å². The highest BCUT2D eigenvalue weighted by molar-refractivity contribution is 5.87. The molecule has 4 atom stereocenters. The van der Waals surface area contributed by atoms with Gasteiger partial charge in [-0.1, -0.05) is 26.0 Å². The molecule has 2 amide bonds. The molecular weight excluding hydrogens is 344 g/mol. The highest BCUT2D eigenvalue weighted by Crippen LogP contribution is 2.50. The smallest absolute Gasteiger partial charge is 0.407 e. The Labute approximate surface area is 158 Å². The zero-order valence-corrected chi connectivity index (χ0v) is 15.9. The molecule has 2 fully saturated rings. The quantitative estimate of drug-likeness (QED) is 0.866. The SMILES string of the molecule is COC(=O)N[C@H](C(=O)N1[C@@H]2CC[C@H](C2)[C@H]1c1nc2ccccc2[nH]1)C(C)C. The number of likely N-dealkylation sites (tertiary alicyclic amines) is 1. The third kappa shape index (κ3) is 3.05. The third-order valence-electron chi connectivity index (χ3n) is 5.92. The summed E-state index contributed by atoms with van der Waals surface area (Å²) >= 11 is 0. The van der Waals surface area contributed by atoms with E-state index >= 15 is 0 Å². The molecule has 4 rings (SSSR count). The molecule has 2 heterocycles. The minimum Gasteiger partial charge on any atom is -0.453 e. The van der Waals surface area contributed by atoms with Crippen LogP contribution in [-0.2, 0) is 9.53 Å². The minimum absolute atomic E-state index is 0.0351. The first-order valence-electron chi connectivity index (χ1n) is 9.61. The lowest BCUT2D eigenvalue weighted by molar-refractivity contribution is -0.139. The Morgan fingerprint density at radius 2 is 2.07 bits per heavy atom. The Hall–Kier alpha value is -2.57. The minimum atomic E-state index is -0.608. The number of carbonyl (C=O) groups excluding carboxylic acids is 2.